The summed E-state index contributed by atoms with van der Waals surface area (Å²) in [6.07, 6.45) is 0.865. The zero-order chi connectivity index (χ0) is 13.0. The van der Waals surface area contributed by atoms with Crippen molar-refractivity contribution in [3.05, 3.63) is 23.3 Å². The van der Waals surface area contributed by atoms with Gasteiger partial charge in [-0.2, -0.15) is 0 Å². The summed E-state index contributed by atoms with van der Waals surface area (Å²) < 4.78 is 5.25. The molecule has 100 valence electrons. The van der Waals surface area contributed by atoms with E-state index in [1.807, 2.05) is 19.1 Å². The zero-order valence-electron chi connectivity index (χ0n) is 11.2. The first-order valence-corrected chi connectivity index (χ1v) is 6.50. The van der Waals surface area contributed by atoms with Crippen molar-refractivity contribution in [3.63, 3.8) is 0 Å². The van der Waals surface area contributed by atoms with Crippen LogP contribution in [0.1, 0.15) is 11.1 Å². The standard InChI is InChI=1S/C14H22N2O2/c1-11-9-13(18-2)10-12(14(11)17)3-6-16-7-4-15-5-8-16/h9-10,15,17H,3-8H2,1-2H3. The van der Waals surface area contributed by atoms with Crippen LogP contribution in [0, 0.1) is 6.92 Å². The molecule has 1 aliphatic rings. The molecule has 0 amide bonds. The first kappa shape index (κ1) is 13.2. The smallest absolute Gasteiger partial charge is 0.121 e. The maximum absolute atomic E-state index is 10.1. The molecule has 1 aromatic carbocycles. The molecule has 0 saturated carbocycles. The Morgan fingerprint density at radius 2 is 2.06 bits per heavy atom. The number of hydrogen-bond acceptors (Lipinski definition) is 4. The van der Waals surface area contributed by atoms with Crippen molar-refractivity contribution < 1.29 is 9.84 Å². The second-order valence-electron chi connectivity index (χ2n) is 4.79. The van der Waals surface area contributed by atoms with Gasteiger partial charge in [-0.1, -0.05) is 0 Å². The van der Waals surface area contributed by atoms with Crippen LogP contribution in [0.15, 0.2) is 12.1 Å². The van der Waals surface area contributed by atoms with E-state index in [0.29, 0.717) is 5.75 Å². The summed E-state index contributed by atoms with van der Waals surface area (Å²) >= 11 is 0. The molecular formula is C14H22N2O2. The van der Waals surface area contributed by atoms with E-state index in [4.69, 9.17) is 4.74 Å². The van der Waals surface area contributed by atoms with Gasteiger partial charge in [0.05, 0.1) is 7.11 Å². The van der Waals surface area contributed by atoms with E-state index >= 15 is 0 Å². The molecule has 4 nitrogen and oxygen atoms in total. The highest BCUT2D eigenvalue weighted by atomic mass is 16.5. The first-order valence-electron chi connectivity index (χ1n) is 6.50. The molecule has 2 N–H and O–H groups in total. The topological polar surface area (TPSA) is 44.7 Å². The highest BCUT2D eigenvalue weighted by molar-refractivity contribution is 5.45. The summed E-state index contributed by atoms with van der Waals surface area (Å²) in [6, 6.07) is 3.80. The van der Waals surface area contributed by atoms with Crippen molar-refractivity contribution in [1.29, 1.82) is 0 Å². The Balaban J connectivity index is 2.01. The number of rotatable bonds is 4. The van der Waals surface area contributed by atoms with Crippen LogP contribution in [-0.4, -0.2) is 49.8 Å². The van der Waals surface area contributed by atoms with Crippen molar-refractivity contribution in [3.8, 4) is 11.5 Å². The minimum absolute atomic E-state index is 0.408. The first-order chi connectivity index (χ1) is 8.70. The number of ether oxygens (including phenoxy) is 1. The molecular weight excluding hydrogens is 228 g/mol. The lowest BCUT2D eigenvalue weighted by molar-refractivity contribution is 0.243. The fourth-order valence-corrected chi connectivity index (χ4v) is 2.34. The third kappa shape index (κ3) is 3.15. The van der Waals surface area contributed by atoms with Gasteiger partial charge in [0.1, 0.15) is 11.5 Å². The van der Waals surface area contributed by atoms with Crippen molar-refractivity contribution in [2.24, 2.45) is 0 Å². The minimum Gasteiger partial charge on any atom is -0.507 e. The van der Waals surface area contributed by atoms with Crippen LogP contribution in [0.5, 0.6) is 11.5 Å². The van der Waals surface area contributed by atoms with Crippen LogP contribution in [0.4, 0.5) is 0 Å². The van der Waals surface area contributed by atoms with Crippen molar-refractivity contribution in [2.45, 2.75) is 13.3 Å². The second kappa shape index (κ2) is 6.07. The van der Waals surface area contributed by atoms with E-state index in [-0.39, 0.29) is 0 Å². The summed E-state index contributed by atoms with van der Waals surface area (Å²) in [6.45, 7) is 7.19. The Labute approximate surface area is 109 Å². The molecule has 0 aromatic heterocycles. The molecule has 1 heterocycles. The van der Waals surface area contributed by atoms with Crippen LogP contribution >= 0.6 is 0 Å². The fourth-order valence-electron chi connectivity index (χ4n) is 2.34. The number of benzene rings is 1. The van der Waals surface area contributed by atoms with E-state index in [1.165, 1.54) is 0 Å². The lowest BCUT2D eigenvalue weighted by Crippen LogP contribution is -2.44. The second-order valence-corrected chi connectivity index (χ2v) is 4.79. The fraction of sp³-hybridized carbons (Fsp3) is 0.571. The Bertz CT molecular complexity index is 401. The molecule has 1 aliphatic heterocycles. The molecule has 0 radical (unpaired) electrons. The summed E-state index contributed by atoms with van der Waals surface area (Å²) in [5.41, 5.74) is 1.86. The third-order valence-electron chi connectivity index (χ3n) is 3.50. The number of nitrogens with zero attached hydrogens (tertiary/aromatic N) is 1. The van der Waals surface area contributed by atoms with E-state index in [1.54, 1.807) is 7.11 Å². The molecule has 0 spiro atoms. The van der Waals surface area contributed by atoms with Gasteiger partial charge in [0.25, 0.3) is 0 Å². The zero-order valence-corrected chi connectivity index (χ0v) is 11.2. The van der Waals surface area contributed by atoms with Gasteiger partial charge in [0.2, 0.25) is 0 Å². The van der Waals surface area contributed by atoms with E-state index < -0.39 is 0 Å². The Hall–Kier alpha value is -1.26. The highest BCUT2D eigenvalue weighted by Gasteiger charge is 2.12. The van der Waals surface area contributed by atoms with Crippen LogP contribution in [-0.2, 0) is 6.42 Å². The van der Waals surface area contributed by atoms with Crippen molar-refractivity contribution in [1.82, 2.24) is 10.2 Å². The van der Waals surface area contributed by atoms with E-state index in [2.05, 4.69) is 10.2 Å². The molecule has 4 heteroatoms. The Morgan fingerprint density at radius 3 is 2.72 bits per heavy atom. The number of phenolic OH excluding ortho intramolecular Hbond substituents is 1. The van der Waals surface area contributed by atoms with Crippen LogP contribution < -0.4 is 10.1 Å². The average Bonchev–Trinajstić information content (AvgIpc) is 2.41. The molecule has 18 heavy (non-hydrogen) atoms. The number of hydrogen-bond donors (Lipinski definition) is 2. The number of phenols is 1. The van der Waals surface area contributed by atoms with Crippen LogP contribution in [0.25, 0.3) is 0 Å². The Morgan fingerprint density at radius 1 is 1.33 bits per heavy atom. The van der Waals surface area contributed by atoms with Crippen molar-refractivity contribution in [2.75, 3.05) is 39.8 Å². The number of methoxy groups -OCH3 is 1. The normalized spacial score (nSPS) is 16.8. The molecule has 0 unspecified atom stereocenters. The molecule has 0 bridgehead atoms. The summed E-state index contributed by atoms with van der Waals surface area (Å²) in [5.74, 6) is 1.23. The highest BCUT2D eigenvalue weighted by Crippen LogP contribution is 2.28. The quantitative estimate of drug-likeness (QED) is 0.841. The third-order valence-corrected chi connectivity index (χ3v) is 3.50. The predicted molar refractivity (Wildman–Crippen MR) is 72.4 cm³/mol. The van der Waals surface area contributed by atoms with Gasteiger partial charge in [-0.05, 0) is 36.6 Å². The summed E-state index contributed by atoms with van der Waals surface area (Å²) in [5, 5.41) is 13.4. The number of aryl methyl sites for hydroxylation is 1. The maximum atomic E-state index is 10.1. The average molecular weight is 250 g/mol. The Kier molecular flexibility index (Phi) is 4.44. The van der Waals surface area contributed by atoms with Gasteiger partial charge in [0.15, 0.2) is 0 Å². The summed E-state index contributed by atoms with van der Waals surface area (Å²) in [7, 11) is 1.66. The van der Waals surface area contributed by atoms with Gasteiger partial charge < -0.3 is 20.1 Å². The van der Waals surface area contributed by atoms with E-state index in [9.17, 15) is 5.11 Å². The summed E-state index contributed by atoms with van der Waals surface area (Å²) in [4.78, 5) is 2.42. The minimum atomic E-state index is 0.408. The predicted octanol–water partition coefficient (Wildman–Crippen LogP) is 1.16. The van der Waals surface area contributed by atoms with E-state index in [0.717, 1.165) is 56.0 Å². The molecule has 0 aliphatic carbocycles. The maximum Gasteiger partial charge on any atom is 0.121 e. The number of nitrogens with one attached hydrogen (secondary N) is 1. The van der Waals surface area contributed by atoms with Gasteiger partial charge in [-0.25, -0.2) is 0 Å². The van der Waals surface area contributed by atoms with Gasteiger partial charge in [0, 0.05) is 32.7 Å². The van der Waals surface area contributed by atoms with Crippen molar-refractivity contribution >= 4 is 0 Å². The van der Waals surface area contributed by atoms with Gasteiger partial charge >= 0.3 is 0 Å². The monoisotopic (exact) mass is 250 g/mol. The van der Waals surface area contributed by atoms with Crippen LogP contribution in [0.2, 0.25) is 0 Å². The van der Waals surface area contributed by atoms with Gasteiger partial charge in [-0.15, -0.1) is 0 Å². The molecule has 1 fully saturated rings. The van der Waals surface area contributed by atoms with Crippen LogP contribution in [0.3, 0.4) is 0 Å². The lowest BCUT2D eigenvalue weighted by atomic mass is 10.1. The molecule has 0 atom stereocenters. The largest absolute Gasteiger partial charge is 0.507 e. The lowest BCUT2D eigenvalue weighted by Gasteiger charge is -2.27. The van der Waals surface area contributed by atoms with Gasteiger partial charge in [-0.3, -0.25) is 0 Å². The molecule has 2 rings (SSSR count). The number of piperazine rings is 1. The molecule has 1 aromatic rings. The SMILES string of the molecule is COc1cc(C)c(O)c(CCN2CCNCC2)c1. The molecule has 1 saturated heterocycles. The number of aromatic hydroxyl groups is 1.